The summed E-state index contributed by atoms with van der Waals surface area (Å²) in [5, 5.41) is 4.24. The second kappa shape index (κ2) is 8.67. The minimum absolute atomic E-state index is 0.115. The van der Waals surface area contributed by atoms with E-state index in [-0.39, 0.29) is 18.0 Å². The van der Waals surface area contributed by atoms with Crippen molar-refractivity contribution in [3.63, 3.8) is 0 Å². The molecule has 0 saturated carbocycles. The van der Waals surface area contributed by atoms with Crippen LogP contribution in [-0.4, -0.2) is 34.5 Å². The SMILES string of the molecule is CN(C)Cc1nc2sc3c(c2c(=O)n1CC(=O)Nc1ccc(Cl)c(Cl)c1)CCCC3. The van der Waals surface area contributed by atoms with Gasteiger partial charge in [0.1, 0.15) is 17.2 Å². The van der Waals surface area contributed by atoms with E-state index in [9.17, 15) is 9.59 Å². The highest BCUT2D eigenvalue weighted by Crippen LogP contribution is 2.34. The molecule has 158 valence electrons. The van der Waals surface area contributed by atoms with Gasteiger partial charge in [0, 0.05) is 10.6 Å². The van der Waals surface area contributed by atoms with Gasteiger partial charge in [-0.2, -0.15) is 0 Å². The van der Waals surface area contributed by atoms with Crippen molar-refractivity contribution in [2.24, 2.45) is 0 Å². The van der Waals surface area contributed by atoms with Crippen molar-refractivity contribution in [3.05, 3.63) is 54.9 Å². The Kier molecular flexibility index (Phi) is 6.16. The summed E-state index contributed by atoms with van der Waals surface area (Å²) >= 11 is 13.6. The third-order valence-corrected chi connectivity index (χ3v) is 7.04. The number of rotatable bonds is 5. The second-order valence-corrected chi connectivity index (χ2v) is 9.62. The number of benzene rings is 1. The molecule has 1 aliphatic carbocycles. The van der Waals surface area contributed by atoms with Crippen molar-refractivity contribution >= 4 is 56.3 Å². The van der Waals surface area contributed by atoms with E-state index < -0.39 is 0 Å². The number of carbonyl (C=O) groups excluding carboxylic acids is 1. The van der Waals surface area contributed by atoms with Crippen molar-refractivity contribution in [1.29, 1.82) is 0 Å². The predicted octanol–water partition coefficient (Wildman–Crippen LogP) is 4.34. The van der Waals surface area contributed by atoms with Gasteiger partial charge in [-0.3, -0.25) is 14.2 Å². The molecular weight excluding hydrogens is 443 g/mol. The normalized spacial score (nSPS) is 13.6. The molecule has 2 heterocycles. The Hall–Kier alpha value is -1.93. The highest BCUT2D eigenvalue weighted by atomic mass is 35.5. The zero-order chi connectivity index (χ0) is 21.4. The van der Waals surface area contributed by atoms with Gasteiger partial charge in [0.2, 0.25) is 5.91 Å². The van der Waals surface area contributed by atoms with Crippen LogP contribution in [0, 0.1) is 0 Å². The summed E-state index contributed by atoms with van der Waals surface area (Å²) in [6.07, 6.45) is 4.12. The summed E-state index contributed by atoms with van der Waals surface area (Å²) in [7, 11) is 3.83. The van der Waals surface area contributed by atoms with Gasteiger partial charge in [0.05, 0.1) is 22.0 Å². The first-order chi connectivity index (χ1) is 14.3. The van der Waals surface area contributed by atoms with Crippen molar-refractivity contribution < 1.29 is 4.79 Å². The number of aryl methyl sites for hydroxylation is 2. The number of anilines is 1. The number of nitrogens with one attached hydrogen (secondary N) is 1. The number of hydrogen-bond acceptors (Lipinski definition) is 5. The first kappa shape index (κ1) is 21.3. The average molecular weight is 465 g/mol. The Bertz CT molecular complexity index is 1190. The van der Waals surface area contributed by atoms with Crippen LogP contribution >= 0.6 is 34.5 Å². The van der Waals surface area contributed by atoms with Gasteiger partial charge >= 0.3 is 0 Å². The van der Waals surface area contributed by atoms with Crippen molar-refractivity contribution in [2.45, 2.75) is 38.8 Å². The molecule has 1 aromatic carbocycles. The molecule has 0 unspecified atom stereocenters. The number of carbonyl (C=O) groups is 1. The molecule has 0 radical (unpaired) electrons. The lowest BCUT2D eigenvalue weighted by Gasteiger charge is -2.16. The molecule has 6 nitrogen and oxygen atoms in total. The Morgan fingerprint density at radius 1 is 1.23 bits per heavy atom. The van der Waals surface area contributed by atoms with E-state index in [1.807, 2.05) is 19.0 Å². The largest absolute Gasteiger partial charge is 0.324 e. The first-order valence-corrected chi connectivity index (χ1v) is 11.3. The molecular formula is C21H22Cl2N4O2S. The van der Waals surface area contributed by atoms with Crippen LogP contribution in [0.1, 0.15) is 29.1 Å². The molecule has 1 aliphatic rings. The van der Waals surface area contributed by atoms with Crippen LogP contribution in [0.5, 0.6) is 0 Å². The number of fused-ring (bicyclic) bond motifs is 3. The Morgan fingerprint density at radius 3 is 2.73 bits per heavy atom. The minimum atomic E-state index is -0.319. The third kappa shape index (κ3) is 4.25. The van der Waals surface area contributed by atoms with Gasteiger partial charge in [-0.05, 0) is 63.5 Å². The molecule has 0 spiro atoms. The van der Waals surface area contributed by atoms with E-state index in [1.165, 1.54) is 9.44 Å². The summed E-state index contributed by atoms with van der Waals surface area (Å²) in [6.45, 7) is 0.351. The lowest BCUT2D eigenvalue weighted by molar-refractivity contribution is -0.116. The van der Waals surface area contributed by atoms with E-state index in [4.69, 9.17) is 28.2 Å². The van der Waals surface area contributed by atoms with Crippen LogP contribution in [-0.2, 0) is 30.7 Å². The van der Waals surface area contributed by atoms with Crippen molar-refractivity contribution in [2.75, 3.05) is 19.4 Å². The molecule has 30 heavy (non-hydrogen) atoms. The quantitative estimate of drug-likeness (QED) is 0.609. The van der Waals surface area contributed by atoms with Gasteiger partial charge in [-0.1, -0.05) is 23.2 Å². The number of halogens is 2. The standard InChI is InChI=1S/C21H22Cl2N4O2S/c1-26(2)10-17-25-20-19(13-5-3-4-6-16(13)30-20)21(29)27(17)11-18(28)24-12-7-8-14(22)15(23)9-12/h7-9H,3-6,10-11H2,1-2H3,(H,24,28). The fourth-order valence-electron chi connectivity index (χ4n) is 3.77. The topological polar surface area (TPSA) is 67.2 Å². The van der Waals surface area contributed by atoms with Crippen LogP contribution < -0.4 is 10.9 Å². The summed E-state index contributed by atoms with van der Waals surface area (Å²) in [5.74, 6) is 0.265. The molecule has 0 atom stereocenters. The summed E-state index contributed by atoms with van der Waals surface area (Å²) in [6, 6.07) is 4.88. The first-order valence-electron chi connectivity index (χ1n) is 9.77. The predicted molar refractivity (Wildman–Crippen MR) is 123 cm³/mol. The lowest BCUT2D eigenvalue weighted by Crippen LogP contribution is -2.33. The maximum absolute atomic E-state index is 13.4. The van der Waals surface area contributed by atoms with Gasteiger partial charge < -0.3 is 10.2 Å². The molecule has 3 aromatic rings. The Morgan fingerprint density at radius 2 is 2.00 bits per heavy atom. The minimum Gasteiger partial charge on any atom is -0.324 e. The summed E-state index contributed by atoms with van der Waals surface area (Å²) in [5.41, 5.74) is 1.51. The zero-order valence-electron chi connectivity index (χ0n) is 16.8. The van der Waals surface area contributed by atoms with Crippen LogP contribution in [0.25, 0.3) is 10.2 Å². The number of nitrogens with zero attached hydrogens (tertiary/aromatic N) is 3. The van der Waals surface area contributed by atoms with Gasteiger partial charge in [0.15, 0.2) is 0 Å². The number of amides is 1. The highest BCUT2D eigenvalue weighted by molar-refractivity contribution is 7.18. The van der Waals surface area contributed by atoms with Crippen LogP contribution in [0.15, 0.2) is 23.0 Å². The molecule has 0 fully saturated rings. The smallest absolute Gasteiger partial charge is 0.263 e. The number of hydrogen-bond donors (Lipinski definition) is 1. The molecule has 1 N–H and O–H groups in total. The second-order valence-electron chi connectivity index (χ2n) is 7.73. The van der Waals surface area contributed by atoms with E-state index in [2.05, 4.69) is 5.32 Å². The fourth-order valence-corrected chi connectivity index (χ4v) is 5.33. The van der Waals surface area contributed by atoms with Gasteiger partial charge in [0.25, 0.3) is 5.56 Å². The Labute approximate surface area is 188 Å². The molecule has 4 rings (SSSR count). The van der Waals surface area contributed by atoms with Crippen LogP contribution in [0.4, 0.5) is 5.69 Å². The zero-order valence-corrected chi connectivity index (χ0v) is 19.1. The van der Waals surface area contributed by atoms with Crippen molar-refractivity contribution in [1.82, 2.24) is 14.5 Å². The fraction of sp³-hybridized carbons (Fsp3) is 0.381. The number of aromatic nitrogens is 2. The molecule has 2 aromatic heterocycles. The van der Waals surface area contributed by atoms with E-state index in [1.54, 1.807) is 29.5 Å². The molecule has 9 heteroatoms. The molecule has 0 saturated heterocycles. The number of thiophene rings is 1. The summed E-state index contributed by atoms with van der Waals surface area (Å²) in [4.78, 5) is 35.0. The van der Waals surface area contributed by atoms with E-state index in [0.29, 0.717) is 33.5 Å². The maximum Gasteiger partial charge on any atom is 0.263 e. The maximum atomic E-state index is 13.4. The molecule has 0 aliphatic heterocycles. The van der Waals surface area contributed by atoms with Crippen LogP contribution in [0.3, 0.4) is 0 Å². The highest BCUT2D eigenvalue weighted by Gasteiger charge is 2.23. The molecule has 1 amide bonds. The molecule has 0 bridgehead atoms. The van der Waals surface area contributed by atoms with E-state index >= 15 is 0 Å². The lowest BCUT2D eigenvalue weighted by atomic mass is 9.97. The summed E-state index contributed by atoms with van der Waals surface area (Å²) < 4.78 is 1.50. The van der Waals surface area contributed by atoms with Gasteiger partial charge in [-0.15, -0.1) is 11.3 Å². The van der Waals surface area contributed by atoms with Gasteiger partial charge in [-0.25, -0.2) is 4.98 Å². The van der Waals surface area contributed by atoms with Crippen molar-refractivity contribution in [3.8, 4) is 0 Å². The Balaban J connectivity index is 1.72. The average Bonchev–Trinajstić information content (AvgIpc) is 3.05. The van der Waals surface area contributed by atoms with E-state index in [0.717, 1.165) is 36.1 Å². The monoisotopic (exact) mass is 464 g/mol. The third-order valence-electron chi connectivity index (χ3n) is 5.12. The van der Waals surface area contributed by atoms with Crippen LogP contribution in [0.2, 0.25) is 10.0 Å².